The number of carboxylic acid groups (broad SMARTS) is 1. The van der Waals surface area contributed by atoms with E-state index in [9.17, 15) is 9.90 Å². The zero-order valence-corrected chi connectivity index (χ0v) is 20.0. The highest BCUT2D eigenvalue weighted by Gasteiger charge is 2.22. The standard InChI is InChI=1S/C29H23N3O4/c1-16-8-9-25(35-18(3)19-11-13-32-20(14-19)10-12-30-32)26-22(29(33)34)15-23(31-27(16)26)28-17(2)21-6-4-5-7-24(21)36-28/h4-15,18H,1-3H3,(H,33,34)/t18-/m0/s1. The zero-order chi connectivity index (χ0) is 25.0. The molecule has 36 heavy (non-hydrogen) atoms. The molecule has 0 aliphatic carbocycles. The molecule has 4 heterocycles. The monoisotopic (exact) mass is 477 g/mol. The van der Waals surface area contributed by atoms with Crippen LogP contribution in [0.25, 0.3) is 38.8 Å². The van der Waals surface area contributed by atoms with E-state index in [4.69, 9.17) is 14.1 Å². The molecule has 7 nitrogen and oxygen atoms in total. The van der Waals surface area contributed by atoms with Gasteiger partial charge in [0.2, 0.25) is 0 Å². The molecule has 6 aromatic rings. The largest absolute Gasteiger partial charge is 0.485 e. The Balaban J connectivity index is 1.49. The molecule has 2 aromatic carbocycles. The van der Waals surface area contributed by atoms with Gasteiger partial charge in [-0.3, -0.25) is 0 Å². The minimum atomic E-state index is -1.05. The molecule has 0 saturated carbocycles. The van der Waals surface area contributed by atoms with Gasteiger partial charge in [-0.1, -0.05) is 24.3 Å². The Morgan fingerprint density at radius 3 is 2.72 bits per heavy atom. The fraction of sp³-hybridized carbons (Fsp3) is 0.138. The smallest absolute Gasteiger partial charge is 0.336 e. The lowest BCUT2D eigenvalue weighted by atomic mass is 10.0. The number of rotatable bonds is 5. The molecule has 0 fully saturated rings. The number of carboxylic acids is 1. The van der Waals surface area contributed by atoms with E-state index in [0.717, 1.165) is 33.2 Å². The number of fused-ring (bicyclic) bond motifs is 3. The normalized spacial score (nSPS) is 12.4. The molecule has 4 aromatic heterocycles. The molecule has 0 amide bonds. The van der Waals surface area contributed by atoms with Crippen LogP contribution in [0.4, 0.5) is 0 Å². The lowest BCUT2D eigenvalue weighted by Gasteiger charge is -2.19. The van der Waals surface area contributed by atoms with Crippen molar-refractivity contribution in [3.05, 3.63) is 95.3 Å². The first-order chi connectivity index (χ1) is 17.4. The molecule has 1 N–H and O–H groups in total. The van der Waals surface area contributed by atoms with E-state index in [1.54, 1.807) is 16.8 Å². The van der Waals surface area contributed by atoms with Crippen LogP contribution in [-0.4, -0.2) is 25.7 Å². The van der Waals surface area contributed by atoms with Crippen molar-refractivity contribution >= 4 is 33.4 Å². The number of furan rings is 1. The molecule has 0 saturated heterocycles. The average Bonchev–Trinajstić information content (AvgIpc) is 3.49. The molecule has 0 bridgehead atoms. The fourth-order valence-electron chi connectivity index (χ4n) is 4.69. The van der Waals surface area contributed by atoms with Crippen molar-refractivity contribution in [1.29, 1.82) is 0 Å². The summed E-state index contributed by atoms with van der Waals surface area (Å²) in [5.74, 6) is -0.0238. The quantitative estimate of drug-likeness (QED) is 0.295. The summed E-state index contributed by atoms with van der Waals surface area (Å²) in [6.07, 6.45) is 3.29. The van der Waals surface area contributed by atoms with Crippen molar-refractivity contribution in [3.63, 3.8) is 0 Å². The van der Waals surface area contributed by atoms with Crippen molar-refractivity contribution in [3.8, 4) is 17.2 Å². The first-order valence-corrected chi connectivity index (χ1v) is 11.7. The maximum absolute atomic E-state index is 12.5. The molecule has 178 valence electrons. The van der Waals surface area contributed by atoms with Crippen LogP contribution in [0.2, 0.25) is 0 Å². The van der Waals surface area contributed by atoms with E-state index in [1.807, 2.05) is 81.6 Å². The van der Waals surface area contributed by atoms with Crippen LogP contribution in [0.3, 0.4) is 0 Å². The molecular weight excluding hydrogens is 454 g/mol. The Bertz CT molecular complexity index is 1800. The number of benzene rings is 2. The second-order valence-corrected chi connectivity index (χ2v) is 8.94. The molecule has 1 atom stereocenters. The summed E-state index contributed by atoms with van der Waals surface area (Å²) >= 11 is 0. The van der Waals surface area contributed by atoms with E-state index in [2.05, 4.69) is 5.10 Å². The summed E-state index contributed by atoms with van der Waals surface area (Å²) in [5, 5.41) is 15.9. The lowest BCUT2D eigenvalue weighted by Crippen LogP contribution is -2.07. The number of aryl methyl sites for hydroxylation is 2. The maximum atomic E-state index is 12.5. The van der Waals surface area contributed by atoms with Crippen molar-refractivity contribution in [1.82, 2.24) is 14.6 Å². The van der Waals surface area contributed by atoms with Gasteiger partial charge in [0, 0.05) is 23.3 Å². The molecular formula is C29H23N3O4. The number of aromatic nitrogens is 3. The van der Waals surface area contributed by atoms with Crippen LogP contribution in [0.5, 0.6) is 5.75 Å². The summed E-state index contributed by atoms with van der Waals surface area (Å²) in [6.45, 7) is 5.81. The number of nitrogens with zero attached hydrogens (tertiary/aromatic N) is 3. The van der Waals surface area contributed by atoms with Gasteiger partial charge in [-0.05, 0) is 68.3 Å². The van der Waals surface area contributed by atoms with Crippen LogP contribution in [0, 0.1) is 13.8 Å². The van der Waals surface area contributed by atoms with Gasteiger partial charge in [0.25, 0.3) is 0 Å². The molecule has 0 aliphatic rings. The first kappa shape index (κ1) is 21.9. The second-order valence-electron chi connectivity index (χ2n) is 8.94. The highest BCUT2D eigenvalue weighted by atomic mass is 16.5. The van der Waals surface area contributed by atoms with E-state index >= 15 is 0 Å². The number of para-hydroxylation sites is 1. The van der Waals surface area contributed by atoms with Crippen LogP contribution >= 0.6 is 0 Å². The van der Waals surface area contributed by atoms with Gasteiger partial charge in [0.15, 0.2) is 5.76 Å². The predicted molar refractivity (Wildman–Crippen MR) is 138 cm³/mol. The predicted octanol–water partition coefficient (Wildman–Crippen LogP) is 6.75. The third-order valence-electron chi connectivity index (χ3n) is 6.63. The number of aromatic carboxylic acids is 1. The van der Waals surface area contributed by atoms with Crippen LogP contribution < -0.4 is 4.74 Å². The molecule has 6 rings (SSSR count). The highest BCUT2D eigenvalue weighted by Crippen LogP contribution is 2.38. The fourth-order valence-corrected chi connectivity index (χ4v) is 4.69. The molecule has 7 heteroatoms. The Hall–Kier alpha value is -4.65. The summed E-state index contributed by atoms with van der Waals surface area (Å²) in [4.78, 5) is 17.3. The third-order valence-corrected chi connectivity index (χ3v) is 6.63. The SMILES string of the molecule is Cc1c(-c2cc(C(=O)O)c3c(O[C@@H](C)c4ccn5nccc5c4)ccc(C)c3n2)oc2ccccc12. The van der Waals surface area contributed by atoms with Gasteiger partial charge in [0.05, 0.1) is 22.0 Å². The maximum Gasteiger partial charge on any atom is 0.336 e. The van der Waals surface area contributed by atoms with E-state index < -0.39 is 5.97 Å². The van der Waals surface area contributed by atoms with Crippen LogP contribution in [0.1, 0.15) is 40.1 Å². The Morgan fingerprint density at radius 1 is 1.08 bits per heavy atom. The van der Waals surface area contributed by atoms with Crippen molar-refractivity contribution in [2.24, 2.45) is 0 Å². The Morgan fingerprint density at radius 2 is 1.92 bits per heavy atom. The number of carbonyl (C=O) groups is 1. The molecule has 0 aliphatic heterocycles. The summed E-state index contributed by atoms with van der Waals surface area (Å²) in [5.41, 5.74) is 5.58. The highest BCUT2D eigenvalue weighted by molar-refractivity contribution is 6.07. The summed E-state index contributed by atoms with van der Waals surface area (Å²) in [7, 11) is 0. The summed E-state index contributed by atoms with van der Waals surface area (Å²) in [6, 6.07) is 18.9. The topological polar surface area (TPSA) is 89.9 Å². The molecule has 0 spiro atoms. The van der Waals surface area contributed by atoms with E-state index in [1.165, 1.54) is 0 Å². The van der Waals surface area contributed by atoms with E-state index in [0.29, 0.717) is 28.1 Å². The molecule has 0 radical (unpaired) electrons. The van der Waals surface area contributed by atoms with Crippen molar-refractivity contribution < 1.29 is 19.1 Å². The van der Waals surface area contributed by atoms with Gasteiger partial charge in [-0.2, -0.15) is 5.10 Å². The van der Waals surface area contributed by atoms with Gasteiger partial charge >= 0.3 is 5.97 Å². The second kappa shape index (κ2) is 8.23. The molecule has 0 unspecified atom stereocenters. The zero-order valence-electron chi connectivity index (χ0n) is 20.0. The first-order valence-electron chi connectivity index (χ1n) is 11.7. The van der Waals surface area contributed by atoms with Gasteiger partial charge in [-0.25, -0.2) is 14.3 Å². The Labute approximate surface area is 206 Å². The van der Waals surface area contributed by atoms with Crippen molar-refractivity contribution in [2.45, 2.75) is 26.9 Å². The minimum absolute atomic E-state index is 0.118. The van der Waals surface area contributed by atoms with Gasteiger partial charge < -0.3 is 14.3 Å². The summed E-state index contributed by atoms with van der Waals surface area (Å²) < 4.78 is 14.2. The lowest BCUT2D eigenvalue weighted by molar-refractivity contribution is 0.0698. The van der Waals surface area contributed by atoms with Crippen LogP contribution in [-0.2, 0) is 0 Å². The Kier molecular flexibility index (Phi) is 5.00. The van der Waals surface area contributed by atoms with Crippen molar-refractivity contribution in [2.75, 3.05) is 0 Å². The number of ether oxygens (including phenoxy) is 1. The number of hydrogen-bond acceptors (Lipinski definition) is 5. The van der Waals surface area contributed by atoms with Gasteiger partial charge in [0.1, 0.15) is 23.1 Å². The third kappa shape index (κ3) is 3.48. The number of pyridine rings is 2. The minimum Gasteiger partial charge on any atom is -0.485 e. The van der Waals surface area contributed by atoms with E-state index in [-0.39, 0.29) is 11.7 Å². The average molecular weight is 478 g/mol. The van der Waals surface area contributed by atoms with Crippen LogP contribution in [0.15, 0.2) is 77.5 Å². The number of hydrogen-bond donors (Lipinski definition) is 1. The van der Waals surface area contributed by atoms with Gasteiger partial charge in [-0.15, -0.1) is 0 Å².